The quantitative estimate of drug-likeness (QED) is 0.630. The Bertz CT molecular complexity index is 807. The van der Waals surface area contributed by atoms with Crippen molar-refractivity contribution in [2.24, 2.45) is 0 Å². The van der Waals surface area contributed by atoms with E-state index in [4.69, 9.17) is 9.40 Å². The van der Waals surface area contributed by atoms with Crippen molar-refractivity contribution in [3.63, 3.8) is 0 Å². The van der Waals surface area contributed by atoms with Crippen LogP contribution in [0.25, 0.3) is 10.8 Å². The molecule has 124 valence electrons. The molecule has 1 aliphatic carbocycles. The van der Waals surface area contributed by atoms with Crippen molar-refractivity contribution < 1.29 is 8.81 Å². The fourth-order valence-corrected chi connectivity index (χ4v) is 3.50. The van der Waals surface area contributed by atoms with Gasteiger partial charge in [-0.05, 0) is 48.9 Å². The van der Waals surface area contributed by atoms with Gasteiger partial charge in [0.1, 0.15) is 11.6 Å². The number of benzene rings is 1. The summed E-state index contributed by atoms with van der Waals surface area (Å²) in [6, 6.07) is 11.4. The van der Waals surface area contributed by atoms with Gasteiger partial charge in [-0.15, -0.1) is 11.3 Å². The van der Waals surface area contributed by atoms with Crippen LogP contribution in [0.1, 0.15) is 29.9 Å². The van der Waals surface area contributed by atoms with Crippen LogP contribution in [0, 0.1) is 12.7 Å². The Hall–Kier alpha value is -1.98. The van der Waals surface area contributed by atoms with Gasteiger partial charge in [0.25, 0.3) is 0 Å². The maximum Gasteiger partial charge on any atom is 0.236 e. The Morgan fingerprint density at radius 3 is 2.67 bits per heavy atom. The van der Waals surface area contributed by atoms with Gasteiger partial charge in [-0.25, -0.2) is 9.37 Å². The predicted molar refractivity (Wildman–Crippen MR) is 93.2 cm³/mol. The van der Waals surface area contributed by atoms with Gasteiger partial charge in [0.2, 0.25) is 5.89 Å². The van der Waals surface area contributed by atoms with Crippen molar-refractivity contribution in [3.8, 4) is 10.8 Å². The van der Waals surface area contributed by atoms with Crippen LogP contribution >= 0.6 is 11.3 Å². The molecule has 0 radical (unpaired) electrons. The molecule has 0 bridgehead atoms. The number of halogens is 1. The summed E-state index contributed by atoms with van der Waals surface area (Å²) in [5, 5.41) is 2.03. The van der Waals surface area contributed by atoms with E-state index in [0.717, 1.165) is 35.0 Å². The highest BCUT2D eigenvalue weighted by atomic mass is 32.1. The topological polar surface area (TPSA) is 29.3 Å². The van der Waals surface area contributed by atoms with Gasteiger partial charge in [-0.3, -0.25) is 4.90 Å². The summed E-state index contributed by atoms with van der Waals surface area (Å²) in [7, 11) is 0. The van der Waals surface area contributed by atoms with Crippen molar-refractivity contribution >= 4 is 11.3 Å². The highest BCUT2D eigenvalue weighted by Gasteiger charge is 2.30. The summed E-state index contributed by atoms with van der Waals surface area (Å²) in [6.07, 6.45) is 2.44. The van der Waals surface area contributed by atoms with Crippen LogP contribution in [0.3, 0.4) is 0 Å². The number of rotatable bonds is 6. The van der Waals surface area contributed by atoms with Crippen LogP contribution in [0.15, 0.2) is 46.2 Å². The summed E-state index contributed by atoms with van der Waals surface area (Å²) >= 11 is 1.63. The van der Waals surface area contributed by atoms with Gasteiger partial charge < -0.3 is 4.42 Å². The molecule has 2 aromatic heterocycles. The first-order valence-electron chi connectivity index (χ1n) is 8.18. The Labute approximate surface area is 144 Å². The molecular weight excluding hydrogens is 323 g/mol. The van der Waals surface area contributed by atoms with Gasteiger partial charge in [-0.2, -0.15) is 0 Å². The van der Waals surface area contributed by atoms with E-state index in [2.05, 4.69) is 4.90 Å². The summed E-state index contributed by atoms with van der Waals surface area (Å²) in [6.45, 7) is 3.55. The van der Waals surface area contributed by atoms with Crippen molar-refractivity contribution in [1.82, 2.24) is 9.88 Å². The molecule has 1 aromatic carbocycles. The number of thiophene rings is 1. The van der Waals surface area contributed by atoms with Crippen LogP contribution in [0.2, 0.25) is 0 Å². The monoisotopic (exact) mass is 342 g/mol. The maximum absolute atomic E-state index is 13.1. The Morgan fingerprint density at radius 1 is 1.21 bits per heavy atom. The zero-order valence-corrected chi connectivity index (χ0v) is 14.4. The van der Waals surface area contributed by atoms with Crippen LogP contribution in [0.4, 0.5) is 4.39 Å². The van der Waals surface area contributed by atoms with E-state index in [1.807, 2.05) is 36.6 Å². The molecule has 5 heteroatoms. The molecule has 0 saturated heterocycles. The lowest BCUT2D eigenvalue weighted by molar-refractivity contribution is 0.241. The van der Waals surface area contributed by atoms with Crippen LogP contribution in [0.5, 0.6) is 0 Å². The van der Waals surface area contributed by atoms with Gasteiger partial charge in [0.05, 0.1) is 10.6 Å². The molecule has 0 aliphatic heterocycles. The average Bonchev–Trinajstić information content (AvgIpc) is 3.15. The van der Waals surface area contributed by atoms with Crippen molar-refractivity contribution in [3.05, 3.63) is 64.6 Å². The second-order valence-electron chi connectivity index (χ2n) is 6.26. The maximum atomic E-state index is 13.1. The van der Waals surface area contributed by atoms with E-state index in [1.165, 1.54) is 25.0 Å². The highest BCUT2D eigenvalue weighted by Crippen LogP contribution is 2.32. The molecule has 0 amide bonds. The van der Waals surface area contributed by atoms with Crippen LogP contribution < -0.4 is 0 Å². The average molecular weight is 342 g/mol. The lowest BCUT2D eigenvalue weighted by atomic mass is 10.2. The number of aryl methyl sites for hydroxylation is 1. The minimum absolute atomic E-state index is 0.190. The first-order valence-corrected chi connectivity index (χ1v) is 9.05. The molecule has 0 N–H and O–H groups in total. The van der Waals surface area contributed by atoms with Gasteiger partial charge in [-0.1, -0.05) is 18.2 Å². The van der Waals surface area contributed by atoms with E-state index in [-0.39, 0.29) is 5.82 Å². The molecule has 1 fully saturated rings. The summed E-state index contributed by atoms with van der Waals surface area (Å²) in [5.41, 5.74) is 2.12. The number of aromatic nitrogens is 1. The lowest BCUT2D eigenvalue weighted by Crippen LogP contribution is -2.25. The minimum atomic E-state index is -0.190. The molecule has 4 rings (SSSR count). The number of oxazole rings is 1. The molecule has 0 unspecified atom stereocenters. The number of hydrogen-bond donors (Lipinski definition) is 0. The highest BCUT2D eigenvalue weighted by molar-refractivity contribution is 7.13. The second-order valence-corrected chi connectivity index (χ2v) is 7.21. The second kappa shape index (κ2) is 6.49. The Kier molecular flexibility index (Phi) is 4.21. The van der Waals surface area contributed by atoms with Crippen molar-refractivity contribution in [2.45, 2.75) is 38.9 Å². The van der Waals surface area contributed by atoms with Crippen molar-refractivity contribution in [2.75, 3.05) is 0 Å². The largest absolute Gasteiger partial charge is 0.440 e. The normalized spacial score (nSPS) is 14.5. The third-order valence-electron chi connectivity index (χ3n) is 4.34. The molecule has 0 spiro atoms. The fraction of sp³-hybridized carbons (Fsp3) is 0.316. The lowest BCUT2D eigenvalue weighted by Gasteiger charge is -2.21. The van der Waals surface area contributed by atoms with E-state index >= 15 is 0 Å². The molecule has 0 atom stereocenters. The predicted octanol–water partition coefficient (Wildman–Crippen LogP) is 5.02. The summed E-state index contributed by atoms with van der Waals surface area (Å²) < 4.78 is 18.9. The van der Waals surface area contributed by atoms with E-state index < -0.39 is 0 Å². The minimum Gasteiger partial charge on any atom is -0.440 e. The number of hydrogen-bond acceptors (Lipinski definition) is 4. The zero-order valence-electron chi connectivity index (χ0n) is 13.5. The Morgan fingerprint density at radius 2 is 2.00 bits per heavy atom. The molecule has 2 heterocycles. The fourth-order valence-electron chi connectivity index (χ4n) is 2.85. The molecule has 1 aliphatic rings. The van der Waals surface area contributed by atoms with Crippen LogP contribution in [-0.4, -0.2) is 15.9 Å². The van der Waals surface area contributed by atoms with Gasteiger partial charge in [0, 0.05) is 19.1 Å². The van der Waals surface area contributed by atoms with E-state index in [0.29, 0.717) is 11.9 Å². The molecule has 24 heavy (non-hydrogen) atoms. The van der Waals surface area contributed by atoms with Crippen molar-refractivity contribution in [1.29, 1.82) is 0 Å². The van der Waals surface area contributed by atoms with E-state index in [9.17, 15) is 4.39 Å². The van der Waals surface area contributed by atoms with E-state index in [1.54, 1.807) is 11.3 Å². The molecule has 3 nitrogen and oxygen atoms in total. The zero-order chi connectivity index (χ0) is 16.5. The molecule has 1 saturated carbocycles. The third-order valence-corrected chi connectivity index (χ3v) is 5.20. The SMILES string of the molecule is Cc1oc(-c2cccs2)nc1CN(Cc1ccc(F)cc1)C1CC1. The first kappa shape index (κ1) is 15.5. The Balaban J connectivity index is 1.52. The number of nitrogens with zero attached hydrogens (tertiary/aromatic N) is 2. The summed E-state index contributed by atoms with van der Waals surface area (Å²) in [5.74, 6) is 1.39. The summed E-state index contributed by atoms with van der Waals surface area (Å²) in [4.78, 5) is 8.17. The third kappa shape index (κ3) is 3.42. The van der Waals surface area contributed by atoms with Gasteiger partial charge >= 0.3 is 0 Å². The first-order chi connectivity index (χ1) is 11.7. The standard InChI is InChI=1S/C19H19FN2OS/c1-13-17(21-19(23-13)18-3-2-10-24-18)12-22(16-8-9-16)11-14-4-6-15(20)7-5-14/h2-7,10,16H,8-9,11-12H2,1H3. The van der Waals surface area contributed by atoms with Gasteiger partial charge in [0.15, 0.2) is 0 Å². The smallest absolute Gasteiger partial charge is 0.236 e. The molecule has 3 aromatic rings. The molecular formula is C19H19FN2OS. The van der Waals surface area contributed by atoms with Crippen LogP contribution in [-0.2, 0) is 13.1 Å².